The van der Waals surface area contributed by atoms with E-state index in [0.717, 1.165) is 114 Å². The van der Waals surface area contributed by atoms with Crippen LogP contribution in [-0.4, -0.2) is 52.5 Å². The van der Waals surface area contributed by atoms with E-state index in [1.54, 1.807) is 9.13 Å². The van der Waals surface area contributed by atoms with Crippen LogP contribution in [0.25, 0.3) is 99.6 Å². The van der Waals surface area contributed by atoms with Crippen molar-refractivity contribution in [2.45, 2.75) is 241 Å². The number of nitrogens with zero attached hydrogens (tertiary/aromatic N) is 6. The number of carbonyl (C=O) groups is 2. The molecule has 10 aromatic rings. The average molecular weight is 1190 g/mol. The van der Waals surface area contributed by atoms with Crippen LogP contribution >= 0.6 is 0 Å². The van der Waals surface area contributed by atoms with Crippen LogP contribution in [0.2, 0.25) is 0 Å². The van der Waals surface area contributed by atoms with Crippen LogP contribution in [0, 0.1) is 27.7 Å². The smallest absolute Gasteiger partial charge is 0.420 e. The number of rotatable bonds is 24. The molecular weight excluding hydrogens is 1100 g/mol. The molecule has 0 bridgehead atoms. The highest BCUT2D eigenvalue weighted by molar-refractivity contribution is 6.13. The fourth-order valence-electron chi connectivity index (χ4n) is 14.0. The number of ether oxygens (including phenoxy) is 2. The Labute approximate surface area is 528 Å². The van der Waals surface area contributed by atoms with Crippen LogP contribution in [0.3, 0.4) is 0 Å². The molecule has 1 aliphatic rings. The van der Waals surface area contributed by atoms with Gasteiger partial charge in [0.25, 0.3) is 0 Å². The zero-order valence-corrected chi connectivity index (χ0v) is 55.6. The maximum absolute atomic E-state index is 14.5. The molecule has 0 radical (unpaired) electrons. The second kappa shape index (κ2) is 26.5. The Morgan fingerprint density at radius 2 is 0.697 bits per heavy atom. The van der Waals surface area contributed by atoms with Crippen LogP contribution in [0.5, 0.6) is 0 Å². The van der Waals surface area contributed by atoms with Gasteiger partial charge in [0.1, 0.15) is 22.2 Å². The first-order valence-corrected chi connectivity index (χ1v) is 34.0. The van der Waals surface area contributed by atoms with Gasteiger partial charge >= 0.3 is 12.2 Å². The van der Waals surface area contributed by atoms with Gasteiger partial charge < -0.3 is 9.47 Å². The zero-order chi connectivity index (χ0) is 62.8. The Balaban J connectivity index is 1.03. The summed E-state index contributed by atoms with van der Waals surface area (Å²) in [6.07, 6.45) is 26.7. The minimum absolute atomic E-state index is 0.267. The van der Waals surface area contributed by atoms with Crippen molar-refractivity contribution in [1.29, 1.82) is 0 Å². The summed E-state index contributed by atoms with van der Waals surface area (Å²) < 4.78 is 15.6. The number of unbranched alkanes of at least 4 members (excludes halogenated alkanes) is 18. The van der Waals surface area contributed by atoms with Crippen LogP contribution < -0.4 is 0 Å². The summed E-state index contributed by atoms with van der Waals surface area (Å²) in [6, 6.07) is 35.6. The molecule has 10 nitrogen and oxygen atoms in total. The minimum Gasteiger partial charge on any atom is -0.443 e. The fraction of sp³-hybridized carbons (Fsp3) is 0.468. The van der Waals surface area contributed by atoms with Crippen LogP contribution in [0.15, 0.2) is 97.1 Å². The Morgan fingerprint density at radius 1 is 0.393 bits per heavy atom. The van der Waals surface area contributed by atoms with E-state index in [0.29, 0.717) is 22.3 Å². The minimum atomic E-state index is -0.730. The molecule has 0 aliphatic heterocycles. The molecule has 10 heteroatoms. The van der Waals surface area contributed by atoms with E-state index in [4.69, 9.17) is 29.4 Å². The molecule has 0 amide bonds. The molecule has 89 heavy (non-hydrogen) atoms. The fourth-order valence-corrected chi connectivity index (χ4v) is 14.0. The summed E-state index contributed by atoms with van der Waals surface area (Å²) in [5, 5.41) is 1.71. The highest BCUT2D eigenvalue weighted by Gasteiger charge is 2.43. The number of aryl methyl sites for hydroxylation is 4. The van der Waals surface area contributed by atoms with Crippen molar-refractivity contribution >= 4 is 78.4 Å². The maximum Gasteiger partial charge on any atom is 0.420 e. The van der Waals surface area contributed by atoms with Crippen molar-refractivity contribution < 1.29 is 19.1 Å². The number of carbonyl (C=O) groups excluding carboxylic acids is 2. The molecule has 0 spiro atoms. The van der Waals surface area contributed by atoms with Crippen LogP contribution in [0.1, 0.15) is 230 Å². The lowest BCUT2D eigenvalue weighted by molar-refractivity contribution is 0.0539. The summed E-state index contributed by atoms with van der Waals surface area (Å²) in [4.78, 5) is 49.8. The lowest BCUT2D eigenvalue weighted by Gasteiger charge is -2.33. The SMILES string of the molecule is CCCCCCCCCCCCC1(CCCCCCCCCCCC)c2cc(-c3ccc4c5nc6cc(C)c(C)cc6nc5n(C(=O)OC(C)(C)C)c4c3)ccc2-c2ccc(-c3ccc4c5nc6cc(C)c(C)cc6nc5n(C(=O)OC(C)(C)C)c4c3)cc21. The van der Waals surface area contributed by atoms with Gasteiger partial charge in [-0.3, -0.25) is 0 Å². The first-order chi connectivity index (χ1) is 42.8. The van der Waals surface area contributed by atoms with Crippen molar-refractivity contribution in [2.75, 3.05) is 0 Å². The van der Waals surface area contributed by atoms with E-state index < -0.39 is 23.4 Å². The molecule has 11 rings (SSSR count). The van der Waals surface area contributed by atoms with Crippen molar-refractivity contribution in [1.82, 2.24) is 29.1 Å². The maximum atomic E-state index is 14.5. The van der Waals surface area contributed by atoms with Gasteiger partial charge in [0.05, 0.1) is 33.1 Å². The summed E-state index contributed by atoms with van der Waals surface area (Å²) in [7, 11) is 0. The third kappa shape index (κ3) is 13.4. The third-order valence-electron chi connectivity index (χ3n) is 19.0. The molecule has 0 atom stereocenters. The molecule has 0 unspecified atom stereocenters. The summed E-state index contributed by atoms with van der Waals surface area (Å²) >= 11 is 0. The van der Waals surface area contributed by atoms with Gasteiger partial charge in [0.2, 0.25) is 0 Å². The molecular formula is C79H96N6O4. The summed E-state index contributed by atoms with van der Waals surface area (Å²) in [6.45, 7) is 24.4. The molecule has 0 fully saturated rings. The second-order valence-electron chi connectivity index (χ2n) is 28.2. The Bertz CT molecular complexity index is 3990. The van der Waals surface area contributed by atoms with E-state index in [2.05, 4.69) is 139 Å². The molecule has 6 aromatic carbocycles. The predicted octanol–water partition coefficient (Wildman–Crippen LogP) is 22.8. The van der Waals surface area contributed by atoms with Crippen molar-refractivity contribution in [3.63, 3.8) is 0 Å². The lowest BCUT2D eigenvalue weighted by atomic mass is 9.70. The quantitative estimate of drug-likeness (QED) is 0.0550. The molecule has 466 valence electrons. The molecule has 4 aromatic heterocycles. The number of aromatic nitrogens is 6. The Morgan fingerprint density at radius 3 is 1.03 bits per heavy atom. The van der Waals surface area contributed by atoms with Crippen molar-refractivity contribution in [3.8, 4) is 33.4 Å². The second-order valence-corrected chi connectivity index (χ2v) is 28.2. The number of hydrogen-bond donors (Lipinski definition) is 0. The van der Waals surface area contributed by atoms with E-state index in [1.807, 2.05) is 41.5 Å². The first kappa shape index (κ1) is 63.1. The number of benzene rings is 6. The zero-order valence-electron chi connectivity index (χ0n) is 55.6. The monoisotopic (exact) mass is 1190 g/mol. The van der Waals surface area contributed by atoms with E-state index in [9.17, 15) is 9.59 Å². The average Bonchev–Trinajstić information content (AvgIpc) is 1.59. The van der Waals surface area contributed by atoms with Crippen molar-refractivity contribution in [2.24, 2.45) is 0 Å². The van der Waals surface area contributed by atoms with E-state index in [1.165, 1.54) is 138 Å². The summed E-state index contributed by atoms with van der Waals surface area (Å²) in [5.74, 6) is 0. The van der Waals surface area contributed by atoms with Gasteiger partial charge in [-0.25, -0.2) is 38.7 Å². The van der Waals surface area contributed by atoms with Gasteiger partial charge in [-0.05, 0) is 210 Å². The standard InChI is InChI=1S/C79H96N6O4/c1-13-15-17-19-21-23-25-27-29-31-41-79(42-32-30-28-26-24-22-20-18-16-14-2)63-47-55(57-35-39-61-69(49-57)84(75(86)88-77(7,8)9)73-71(61)80-65-43-51(3)53(5)45-67(65)82-73)33-37-59(63)60-38-34-56(48-64(60)79)58-36-40-62-70(50-58)85(76(87)89-78(10,11)12)74-72(62)81-66-44-52(4)54(6)46-68(66)83-74/h33-40,43-50H,13-32,41-42H2,1-12H3. The first-order valence-electron chi connectivity index (χ1n) is 34.0. The van der Waals surface area contributed by atoms with E-state index in [-0.39, 0.29) is 5.41 Å². The normalized spacial score (nSPS) is 13.2. The van der Waals surface area contributed by atoms with Crippen molar-refractivity contribution in [3.05, 3.63) is 130 Å². The highest BCUT2D eigenvalue weighted by Crippen LogP contribution is 2.56. The van der Waals surface area contributed by atoms with Gasteiger partial charge in [0.15, 0.2) is 11.3 Å². The highest BCUT2D eigenvalue weighted by atomic mass is 16.6. The third-order valence-corrected chi connectivity index (χ3v) is 19.0. The van der Waals surface area contributed by atoms with E-state index >= 15 is 0 Å². The topological polar surface area (TPSA) is 114 Å². The molecule has 0 saturated carbocycles. The lowest BCUT2D eigenvalue weighted by Crippen LogP contribution is -2.27. The molecule has 0 N–H and O–H groups in total. The van der Waals surface area contributed by atoms with Gasteiger partial charge in [-0.15, -0.1) is 0 Å². The summed E-state index contributed by atoms with van der Waals surface area (Å²) in [5.41, 5.74) is 19.3. The van der Waals surface area contributed by atoms with Crippen LogP contribution in [-0.2, 0) is 14.9 Å². The number of hydrogen-bond acceptors (Lipinski definition) is 8. The molecule has 4 heterocycles. The number of fused-ring (bicyclic) bond motifs is 11. The Kier molecular flexibility index (Phi) is 18.8. The van der Waals surface area contributed by atoms with Crippen LogP contribution in [0.4, 0.5) is 9.59 Å². The van der Waals surface area contributed by atoms with Gasteiger partial charge in [-0.2, -0.15) is 0 Å². The van der Waals surface area contributed by atoms with Gasteiger partial charge in [-0.1, -0.05) is 179 Å². The molecule has 0 saturated heterocycles. The predicted molar refractivity (Wildman–Crippen MR) is 371 cm³/mol. The Hall–Kier alpha value is -7.46. The van der Waals surface area contributed by atoms with Gasteiger partial charge in [0, 0.05) is 16.2 Å². The largest absolute Gasteiger partial charge is 0.443 e. The molecule has 1 aliphatic carbocycles.